The van der Waals surface area contributed by atoms with Gasteiger partial charge in [0.15, 0.2) is 0 Å². The first-order valence-corrected chi connectivity index (χ1v) is 12.3. The quantitative estimate of drug-likeness (QED) is 0.602. The number of aryl methyl sites for hydroxylation is 3. The van der Waals surface area contributed by atoms with Crippen LogP contribution in [0.15, 0.2) is 42.5 Å². The van der Waals surface area contributed by atoms with E-state index in [1.807, 2.05) is 19.9 Å². The first-order valence-electron chi connectivity index (χ1n) is 10.4. The van der Waals surface area contributed by atoms with Gasteiger partial charge in [-0.15, -0.1) is 0 Å². The van der Waals surface area contributed by atoms with Crippen LogP contribution in [0.3, 0.4) is 0 Å². The number of benzene rings is 2. The molecule has 0 bridgehead atoms. The molecule has 0 saturated heterocycles. The number of hydrogen-bond acceptors (Lipinski definition) is 3. The average Bonchev–Trinajstić information content (AvgIpc) is 2.67. The number of nitrogens with zero attached hydrogens (tertiary/aromatic N) is 1. The van der Waals surface area contributed by atoms with E-state index < -0.39 is 16.1 Å². The van der Waals surface area contributed by atoms with Gasteiger partial charge < -0.3 is 5.32 Å². The normalized spacial score (nSPS) is 12.6. The molecule has 0 aliphatic carbocycles. The highest BCUT2D eigenvalue weighted by molar-refractivity contribution is 7.92. The fourth-order valence-corrected chi connectivity index (χ4v) is 4.56. The predicted molar refractivity (Wildman–Crippen MR) is 125 cm³/mol. The largest absolute Gasteiger partial charge is 0.354 e. The molecule has 2 rings (SSSR count). The van der Waals surface area contributed by atoms with Crippen molar-refractivity contribution in [3.05, 3.63) is 64.7 Å². The monoisotopic (exact) mass is 430 g/mol. The van der Waals surface area contributed by atoms with Gasteiger partial charge in [0.25, 0.3) is 0 Å². The van der Waals surface area contributed by atoms with E-state index in [1.54, 1.807) is 19.1 Å². The van der Waals surface area contributed by atoms with Crippen LogP contribution in [0.4, 0.5) is 5.69 Å². The molecule has 0 fully saturated rings. The molecule has 0 radical (unpaired) electrons. The Kier molecular flexibility index (Phi) is 8.07. The summed E-state index contributed by atoms with van der Waals surface area (Å²) in [5.74, 6) is 0.212. The van der Waals surface area contributed by atoms with Crippen LogP contribution in [0.25, 0.3) is 0 Å². The zero-order valence-corrected chi connectivity index (χ0v) is 19.7. The molecule has 2 aromatic carbocycles. The van der Waals surface area contributed by atoms with Gasteiger partial charge >= 0.3 is 0 Å². The van der Waals surface area contributed by atoms with Gasteiger partial charge in [-0.25, -0.2) is 8.42 Å². The highest BCUT2D eigenvalue weighted by atomic mass is 32.2. The minimum Gasteiger partial charge on any atom is -0.354 e. The number of sulfonamides is 1. The molecule has 0 aliphatic rings. The van der Waals surface area contributed by atoms with Crippen molar-refractivity contribution in [1.82, 2.24) is 5.32 Å². The lowest BCUT2D eigenvalue weighted by Crippen LogP contribution is -2.48. The van der Waals surface area contributed by atoms with E-state index in [1.165, 1.54) is 15.4 Å². The summed E-state index contributed by atoms with van der Waals surface area (Å²) in [6, 6.07) is 13.2. The van der Waals surface area contributed by atoms with Crippen molar-refractivity contribution in [1.29, 1.82) is 0 Å². The zero-order chi connectivity index (χ0) is 22.5. The van der Waals surface area contributed by atoms with Crippen LogP contribution >= 0.6 is 0 Å². The molecule has 164 valence electrons. The standard InChI is InChI=1S/C24H34N2O3S/c1-17(2)22-12-10-21(11-13-22)8-7-15-25-24(27)20(5)26(30(6,28)29)23-14-9-18(3)19(4)16-23/h9-14,16-17,20H,7-8,15H2,1-6H3,(H,25,27)/t20-/m1/s1. The number of anilines is 1. The second-order valence-electron chi connectivity index (χ2n) is 8.29. The van der Waals surface area contributed by atoms with Crippen LogP contribution in [-0.4, -0.2) is 33.2 Å². The van der Waals surface area contributed by atoms with Gasteiger partial charge in [-0.3, -0.25) is 9.10 Å². The molecule has 1 amide bonds. The summed E-state index contributed by atoms with van der Waals surface area (Å²) < 4.78 is 26.0. The SMILES string of the molecule is Cc1ccc(N([C@H](C)C(=O)NCCCc2ccc(C(C)C)cc2)S(C)(=O)=O)cc1C. The van der Waals surface area contributed by atoms with Gasteiger partial charge in [-0.1, -0.05) is 44.2 Å². The van der Waals surface area contributed by atoms with Gasteiger partial charge in [0.2, 0.25) is 15.9 Å². The summed E-state index contributed by atoms with van der Waals surface area (Å²) in [7, 11) is -3.60. The molecule has 5 nitrogen and oxygen atoms in total. The molecule has 0 aliphatic heterocycles. The van der Waals surface area contributed by atoms with Crippen LogP contribution in [0.1, 0.15) is 55.4 Å². The number of carbonyl (C=O) groups is 1. The Morgan fingerprint density at radius 2 is 1.63 bits per heavy atom. The van der Waals surface area contributed by atoms with Crippen molar-refractivity contribution in [2.45, 2.75) is 59.4 Å². The van der Waals surface area contributed by atoms with Gasteiger partial charge in [0.05, 0.1) is 11.9 Å². The van der Waals surface area contributed by atoms with E-state index in [0.717, 1.165) is 30.2 Å². The van der Waals surface area contributed by atoms with Crippen LogP contribution in [-0.2, 0) is 21.2 Å². The summed E-state index contributed by atoms with van der Waals surface area (Å²) in [6.45, 7) is 10.4. The number of rotatable bonds is 9. The lowest BCUT2D eigenvalue weighted by Gasteiger charge is -2.28. The Morgan fingerprint density at radius 1 is 1.00 bits per heavy atom. The van der Waals surface area contributed by atoms with Crippen LogP contribution in [0.2, 0.25) is 0 Å². The van der Waals surface area contributed by atoms with E-state index in [4.69, 9.17) is 0 Å². The second-order valence-corrected chi connectivity index (χ2v) is 10.2. The summed E-state index contributed by atoms with van der Waals surface area (Å²) >= 11 is 0. The number of nitrogens with one attached hydrogen (secondary N) is 1. The zero-order valence-electron chi connectivity index (χ0n) is 18.9. The smallest absolute Gasteiger partial charge is 0.243 e. The van der Waals surface area contributed by atoms with Gasteiger partial charge in [-0.05, 0) is 73.9 Å². The van der Waals surface area contributed by atoms with Crippen molar-refractivity contribution in [3.63, 3.8) is 0 Å². The third kappa shape index (κ3) is 6.33. The Labute approximate surface area is 181 Å². The van der Waals surface area contributed by atoms with Gasteiger partial charge in [-0.2, -0.15) is 0 Å². The minimum absolute atomic E-state index is 0.297. The summed E-state index contributed by atoms with van der Waals surface area (Å²) in [4.78, 5) is 12.7. The van der Waals surface area contributed by atoms with Crippen molar-refractivity contribution in [2.75, 3.05) is 17.1 Å². The highest BCUT2D eigenvalue weighted by Gasteiger charge is 2.29. The molecule has 0 heterocycles. The highest BCUT2D eigenvalue weighted by Crippen LogP contribution is 2.23. The molecule has 0 aromatic heterocycles. The molecule has 0 spiro atoms. The molecule has 1 N–H and O–H groups in total. The van der Waals surface area contributed by atoms with Crippen molar-refractivity contribution in [2.24, 2.45) is 0 Å². The van der Waals surface area contributed by atoms with Crippen LogP contribution < -0.4 is 9.62 Å². The molecule has 0 unspecified atom stereocenters. The van der Waals surface area contributed by atoms with Crippen molar-refractivity contribution < 1.29 is 13.2 Å². The van der Waals surface area contributed by atoms with Gasteiger partial charge in [0.1, 0.15) is 6.04 Å². The van der Waals surface area contributed by atoms with Crippen molar-refractivity contribution >= 4 is 21.6 Å². The van der Waals surface area contributed by atoms with E-state index in [0.29, 0.717) is 18.2 Å². The second kappa shape index (κ2) is 10.1. The van der Waals surface area contributed by atoms with Crippen molar-refractivity contribution in [3.8, 4) is 0 Å². The molecular formula is C24H34N2O3S. The Morgan fingerprint density at radius 3 is 2.17 bits per heavy atom. The number of hydrogen-bond donors (Lipinski definition) is 1. The van der Waals surface area contributed by atoms with E-state index >= 15 is 0 Å². The van der Waals surface area contributed by atoms with Gasteiger partial charge in [0, 0.05) is 6.54 Å². The Bertz CT molecular complexity index is 966. The lowest BCUT2D eigenvalue weighted by molar-refractivity contribution is -0.121. The predicted octanol–water partition coefficient (Wildman–Crippen LogP) is 4.33. The number of amides is 1. The maximum Gasteiger partial charge on any atom is 0.243 e. The Balaban J connectivity index is 1.97. The lowest BCUT2D eigenvalue weighted by atomic mass is 10.0. The first kappa shape index (κ1) is 23.9. The minimum atomic E-state index is -3.60. The van der Waals surface area contributed by atoms with E-state index in [-0.39, 0.29) is 5.91 Å². The molecule has 0 saturated carbocycles. The Hall–Kier alpha value is -2.34. The maximum absolute atomic E-state index is 12.7. The summed E-state index contributed by atoms with van der Waals surface area (Å²) in [6.07, 6.45) is 2.79. The maximum atomic E-state index is 12.7. The first-order chi connectivity index (χ1) is 14.0. The third-order valence-electron chi connectivity index (χ3n) is 5.42. The molecule has 2 aromatic rings. The fourth-order valence-electron chi connectivity index (χ4n) is 3.39. The number of carbonyl (C=O) groups excluding carboxylic acids is 1. The van der Waals surface area contributed by atoms with Crippen LogP contribution in [0, 0.1) is 13.8 Å². The average molecular weight is 431 g/mol. The summed E-state index contributed by atoms with van der Waals surface area (Å²) in [5, 5.41) is 2.89. The van der Waals surface area contributed by atoms with E-state index in [2.05, 4.69) is 43.4 Å². The third-order valence-corrected chi connectivity index (χ3v) is 6.66. The molecular weight excluding hydrogens is 396 g/mol. The molecule has 1 atom stereocenters. The summed E-state index contributed by atoms with van der Waals surface area (Å²) in [5.41, 5.74) is 5.11. The van der Waals surface area contributed by atoms with E-state index in [9.17, 15) is 13.2 Å². The topological polar surface area (TPSA) is 66.5 Å². The van der Waals surface area contributed by atoms with Crippen LogP contribution in [0.5, 0.6) is 0 Å². The molecule has 30 heavy (non-hydrogen) atoms. The fraction of sp³-hybridized carbons (Fsp3) is 0.458. The molecule has 6 heteroatoms.